The molecule has 1 amide bonds. The summed E-state index contributed by atoms with van der Waals surface area (Å²) in [5.74, 6) is 1.76. The van der Waals surface area contributed by atoms with E-state index in [9.17, 15) is 4.79 Å². The molecule has 1 aliphatic heterocycles. The molecule has 1 rings (SSSR count). The number of thioether (sulfide) groups is 1. The summed E-state index contributed by atoms with van der Waals surface area (Å²) in [4.78, 5) is 13.8. The molecule has 2 unspecified atom stereocenters. The molecule has 0 aliphatic carbocycles. The zero-order valence-corrected chi connectivity index (χ0v) is 10.1. The molecular formula is C10H20N2OS. The summed E-state index contributed by atoms with van der Waals surface area (Å²) in [5.41, 5.74) is 0. The second kappa shape index (κ2) is 5.61. The largest absolute Gasteiger partial charge is 0.328 e. The fraction of sp³-hybridized carbons (Fsp3) is 0.900. The standard InChI is InChI=1S/C10H20N2OS/c1-4-8(2)9-10(13)12(7-11-9)5-6-14-3/h8-9,11H,4-7H2,1-3H3. The van der Waals surface area contributed by atoms with E-state index in [1.54, 1.807) is 11.8 Å². The average Bonchev–Trinajstić information content (AvgIpc) is 2.56. The lowest BCUT2D eigenvalue weighted by Gasteiger charge is -2.17. The van der Waals surface area contributed by atoms with E-state index < -0.39 is 0 Å². The van der Waals surface area contributed by atoms with Crippen molar-refractivity contribution in [3.8, 4) is 0 Å². The monoisotopic (exact) mass is 216 g/mol. The van der Waals surface area contributed by atoms with Gasteiger partial charge in [-0.15, -0.1) is 0 Å². The number of amides is 1. The van der Waals surface area contributed by atoms with Crippen LogP contribution < -0.4 is 5.32 Å². The molecule has 0 saturated carbocycles. The predicted molar refractivity (Wildman–Crippen MR) is 61.3 cm³/mol. The van der Waals surface area contributed by atoms with Crippen molar-refractivity contribution < 1.29 is 4.79 Å². The van der Waals surface area contributed by atoms with Gasteiger partial charge in [0.15, 0.2) is 0 Å². The molecular weight excluding hydrogens is 196 g/mol. The van der Waals surface area contributed by atoms with Crippen LogP contribution in [0, 0.1) is 5.92 Å². The van der Waals surface area contributed by atoms with E-state index in [4.69, 9.17) is 0 Å². The maximum Gasteiger partial charge on any atom is 0.241 e. The number of nitrogens with one attached hydrogen (secondary N) is 1. The van der Waals surface area contributed by atoms with Gasteiger partial charge in [0.25, 0.3) is 0 Å². The molecule has 1 saturated heterocycles. The Morgan fingerprint density at radius 1 is 1.71 bits per heavy atom. The first-order valence-electron chi connectivity index (χ1n) is 5.21. The molecule has 1 aliphatic rings. The van der Waals surface area contributed by atoms with Gasteiger partial charge in [0, 0.05) is 12.3 Å². The topological polar surface area (TPSA) is 32.3 Å². The van der Waals surface area contributed by atoms with Crippen molar-refractivity contribution in [1.29, 1.82) is 0 Å². The molecule has 0 radical (unpaired) electrons. The molecule has 3 nitrogen and oxygen atoms in total. The molecule has 0 aromatic heterocycles. The first-order valence-corrected chi connectivity index (χ1v) is 6.61. The minimum absolute atomic E-state index is 0.0573. The van der Waals surface area contributed by atoms with E-state index in [0.29, 0.717) is 5.92 Å². The minimum Gasteiger partial charge on any atom is -0.328 e. The van der Waals surface area contributed by atoms with E-state index in [1.807, 2.05) is 4.90 Å². The fourth-order valence-corrected chi connectivity index (χ4v) is 2.04. The second-order valence-corrected chi connectivity index (χ2v) is 4.81. The lowest BCUT2D eigenvalue weighted by Crippen LogP contribution is -2.36. The van der Waals surface area contributed by atoms with Crippen LogP contribution in [0.5, 0.6) is 0 Å². The van der Waals surface area contributed by atoms with Crippen molar-refractivity contribution in [2.24, 2.45) is 5.92 Å². The Hall–Kier alpha value is -0.220. The van der Waals surface area contributed by atoms with Crippen molar-refractivity contribution >= 4 is 17.7 Å². The smallest absolute Gasteiger partial charge is 0.241 e. The van der Waals surface area contributed by atoms with Gasteiger partial charge in [-0.1, -0.05) is 20.3 Å². The third-order valence-corrected chi connectivity index (χ3v) is 3.45. The van der Waals surface area contributed by atoms with Crippen molar-refractivity contribution in [1.82, 2.24) is 10.2 Å². The van der Waals surface area contributed by atoms with Gasteiger partial charge in [-0.25, -0.2) is 0 Å². The molecule has 4 heteroatoms. The summed E-state index contributed by atoms with van der Waals surface area (Å²) in [6, 6.07) is 0.0573. The van der Waals surface area contributed by atoms with Crippen molar-refractivity contribution in [2.75, 3.05) is 25.2 Å². The molecule has 2 atom stereocenters. The van der Waals surface area contributed by atoms with Crippen LogP contribution in [0.15, 0.2) is 0 Å². The highest BCUT2D eigenvalue weighted by molar-refractivity contribution is 7.98. The maximum absolute atomic E-state index is 11.9. The zero-order chi connectivity index (χ0) is 10.6. The SMILES string of the molecule is CCC(C)C1NCN(CCSC)C1=O. The van der Waals surface area contributed by atoms with Crippen LogP contribution in [0.3, 0.4) is 0 Å². The van der Waals surface area contributed by atoms with Gasteiger partial charge >= 0.3 is 0 Å². The first kappa shape index (κ1) is 11.9. The Morgan fingerprint density at radius 3 is 3.00 bits per heavy atom. The van der Waals surface area contributed by atoms with Crippen LogP contribution in [-0.4, -0.2) is 42.1 Å². The van der Waals surface area contributed by atoms with E-state index in [1.165, 1.54) is 0 Å². The highest BCUT2D eigenvalue weighted by atomic mass is 32.2. The Labute approximate surface area is 90.6 Å². The van der Waals surface area contributed by atoms with E-state index >= 15 is 0 Å². The van der Waals surface area contributed by atoms with Gasteiger partial charge in [-0.2, -0.15) is 11.8 Å². The van der Waals surface area contributed by atoms with Gasteiger partial charge in [0.05, 0.1) is 12.7 Å². The molecule has 0 spiro atoms. The van der Waals surface area contributed by atoms with Crippen molar-refractivity contribution in [3.63, 3.8) is 0 Å². The molecule has 0 aromatic rings. The fourth-order valence-electron chi connectivity index (χ4n) is 1.64. The number of rotatable bonds is 5. The summed E-state index contributed by atoms with van der Waals surface area (Å²) in [6.07, 6.45) is 3.12. The summed E-state index contributed by atoms with van der Waals surface area (Å²) < 4.78 is 0. The Bertz CT molecular complexity index is 199. The quantitative estimate of drug-likeness (QED) is 0.748. The maximum atomic E-state index is 11.9. The molecule has 82 valence electrons. The number of carbonyl (C=O) groups excluding carboxylic acids is 1. The highest BCUT2D eigenvalue weighted by Gasteiger charge is 2.33. The van der Waals surface area contributed by atoms with Gasteiger partial charge in [0.2, 0.25) is 5.91 Å². The lowest BCUT2D eigenvalue weighted by atomic mass is 9.99. The number of nitrogens with zero attached hydrogens (tertiary/aromatic N) is 1. The Morgan fingerprint density at radius 2 is 2.43 bits per heavy atom. The second-order valence-electron chi connectivity index (χ2n) is 3.82. The highest BCUT2D eigenvalue weighted by Crippen LogP contribution is 2.15. The molecule has 1 fully saturated rings. The number of hydrogen-bond donors (Lipinski definition) is 1. The number of carbonyl (C=O) groups is 1. The Kier molecular flexibility index (Phi) is 4.75. The average molecular weight is 216 g/mol. The van der Waals surface area contributed by atoms with Gasteiger partial charge in [0.1, 0.15) is 0 Å². The molecule has 14 heavy (non-hydrogen) atoms. The van der Waals surface area contributed by atoms with Crippen LogP contribution in [0.4, 0.5) is 0 Å². The van der Waals surface area contributed by atoms with E-state index in [0.717, 1.165) is 25.4 Å². The predicted octanol–water partition coefficient (Wildman–Crippen LogP) is 1.15. The molecule has 1 heterocycles. The first-order chi connectivity index (χ1) is 6.70. The summed E-state index contributed by atoms with van der Waals surface area (Å²) >= 11 is 1.78. The number of hydrogen-bond acceptors (Lipinski definition) is 3. The lowest BCUT2D eigenvalue weighted by molar-refractivity contribution is -0.129. The summed E-state index contributed by atoms with van der Waals surface area (Å²) in [6.45, 7) is 5.87. The summed E-state index contributed by atoms with van der Waals surface area (Å²) in [7, 11) is 0. The van der Waals surface area contributed by atoms with Crippen LogP contribution in [-0.2, 0) is 4.79 Å². The molecule has 1 N–H and O–H groups in total. The van der Waals surface area contributed by atoms with Crippen LogP contribution in [0.2, 0.25) is 0 Å². The van der Waals surface area contributed by atoms with Crippen molar-refractivity contribution in [3.05, 3.63) is 0 Å². The normalized spacial score (nSPS) is 24.4. The molecule has 0 bridgehead atoms. The van der Waals surface area contributed by atoms with Crippen LogP contribution in [0.1, 0.15) is 20.3 Å². The third kappa shape index (κ3) is 2.64. The van der Waals surface area contributed by atoms with E-state index in [-0.39, 0.29) is 11.9 Å². The van der Waals surface area contributed by atoms with E-state index in [2.05, 4.69) is 25.4 Å². The van der Waals surface area contributed by atoms with Gasteiger partial charge < -0.3 is 4.90 Å². The zero-order valence-electron chi connectivity index (χ0n) is 9.25. The van der Waals surface area contributed by atoms with Gasteiger partial charge in [-0.05, 0) is 12.2 Å². The van der Waals surface area contributed by atoms with Crippen LogP contribution in [0.25, 0.3) is 0 Å². The van der Waals surface area contributed by atoms with Gasteiger partial charge in [-0.3, -0.25) is 10.1 Å². The summed E-state index contributed by atoms with van der Waals surface area (Å²) in [5, 5.41) is 3.28. The third-order valence-electron chi connectivity index (χ3n) is 2.86. The van der Waals surface area contributed by atoms with Crippen molar-refractivity contribution in [2.45, 2.75) is 26.3 Å². The van der Waals surface area contributed by atoms with Crippen LogP contribution >= 0.6 is 11.8 Å². The molecule has 0 aromatic carbocycles. The minimum atomic E-state index is 0.0573. The Balaban J connectivity index is 2.43.